The van der Waals surface area contributed by atoms with E-state index in [4.69, 9.17) is 4.52 Å². The summed E-state index contributed by atoms with van der Waals surface area (Å²) in [7, 11) is 0. The zero-order valence-corrected chi connectivity index (χ0v) is 16.8. The smallest absolute Gasteiger partial charge is 0.356 e. The lowest BCUT2D eigenvalue weighted by Gasteiger charge is -2.22. The average Bonchev–Trinajstić information content (AvgIpc) is 3.20. The molecule has 1 saturated carbocycles. The summed E-state index contributed by atoms with van der Waals surface area (Å²) in [6.07, 6.45) is -0.644. The van der Waals surface area contributed by atoms with Crippen molar-refractivity contribution in [3.63, 3.8) is 0 Å². The first-order valence-corrected chi connectivity index (χ1v) is 10.2. The van der Waals surface area contributed by atoms with Gasteiger partial charge in [-0.2, -0.15) is 18.3 Å². The monoisotopic (exact) mass is 456 g/mol. The Kier molecular flexibility index (Phi) is 4.04. The Labute approximate surface area is 182 Å². The molecular weight excluding hydrogens is 441 g/mol. The number of halogens is 3. The number of hydrogen-bond donors (Lipinski definition) is 2. The molecule has 12 heteroatoms. The summed E-state index contributed by atoms with van der Waals surface area (Å²) in [5.41, 5.74) is 1.73. The number of amides is 3. The van der Waals surface area contributed by atoms with Gasteiger partial charge in [0.1, 0.15) is 0 Å². The third-order valence-electron chi connectivity index (χ3n) is 6.16. The van der Waals surface area contributed by atoms with Crippen LogP contribution in [-0.4, -0.2) is 38.2 Å². The van der Waals surface area contributed by atoms with E-state index in [0.717, 1.165) is 11.1 Å². The lowest BCUT2D eigenvalue weighted by atomic mass is 9.98. The Balaban J connectivity index is 1.36. The molecule has 1 aliphatic heterocycles. The van der Waals surface area contributed by atoms with E-state index in [0.29, 0.717) is 17.8 Å². The van der Waals surface area contributed by atoms with Gasteiger partial charge in [-0.25, -0.2) is 14.3 Å². The Morgan fingerprint density at radius 2 is 2.00 bits per heavy atom. The second kappa shape index (κ2) is 6.77. The molecule has 1 aliphatic carbocycles. The van der Waals surface area contributed by atoms with Gasteiger partial charge in [0.15, 0.2) is 16.9 Å². The summed E-state index contributed by atoms with van der Waals surface area (Å²) in [6, 6.07) is 5.97. The lowest BCUT2D eigenvalue weighted by Crippen LogP contribution is -2.51. The molecule has 3 aromatic heterocycles. The van der Waals surface area contributed by atoms with E-state index < -0.39 is 29.7 Å². The molecule has 1 aromatic carbocycles. The van der Waals surface area contributed by atoms with E-state index in [1.54, 1.807) is 29.0 Å². The fourth-order valence-corrected chi connectivity index (χ4v) is 4.47. The summed E-state index contributed by atoms with van der Waals surface area (Å²) in [5, 5.41) is 12.4. The number of fused-ring (bicyclic) bond motifs is 2. The Morgan fingerprint density at radius 3 is 2.79 bits per heavy atom. The molecule has 4 aromatic rings. The Bertz CT molecular complexity index is 1440. The fraction of sp³-hybridized carbons (Fsp3) is 0.286. The molecule has 2 fully saturated rings. The van der Waals surface area contributed by atoms with Gasteiger partial charge in [0.05, 0.1) is 17.0 Å². The molecule has 0 radical (unpaired) electrons. The number of aromatic nitrogens is 4. The van der Waals surface area contributed by atoms with Crippen molar-refractivity contribution in [1.82, 2.24) is 30.4 Å². The first kappa shape index (κ1) is 19.7. The van der Waals surface area contributed by atoms with Crippen molar-refractivity contribution >= 4 is 28.6 Å². The first-order chi connectivity index (χ1) is 15.8. The minimum atomic E-state index is -4.61. The van der Waals surface area contributed by atoms with E-state index in [9.17, 15) is 22.8 Å². The van der Waals surface area contributed by atoms with Crippen molar-refractivity contribution in [2.24, 2.45) is 0 Å². The highest BCUT2D eigenvalue weighted by Crippen LogP contribution is 2.56. The number of benzene rings is 1. The Hall–Kier alpha value is -3.96. The van der Waals surface area contributed by atoms with Crippen LogP contribution in [0.5, 0.6) is 0 Å². The van der Waals surface area contributed by atoms with Crippen LogP contribution in [0, 0.1) is 0 Å². The number of nitrogens with zero attached hydrogens (tertiary/aromatic N) is 4. The molecular formula is C21H15F3N6O3. The molecule has 6 rings (SSSR count). The molecule has 168 valence electrons. The molecule has 3 atom stereocenters. The third-order valence-corrected chi connectivity index (χ3v) is 6.16. The van der Waals surface area contributed by atoms with Gasteiger partial charge < -0.3 is 9.84 Å². The van der Waals surface area contributed by atoms with Crippen molar-refractivity contribution in [3.05, 3.63) is 59.2 Å². The number of rotatable bonds is 3. The molecule has 1 unspecified atom stereocenters. The number of alkyl halides is 3. The molecule has 0 spiro atoms. The van der Waals surface area contributed by atoms with E-state index in [2.05, 4.69) is 25.9 Å². The quantitative estimate of drug-likeness (QED) is 0.490. The van der Waals surface area contributed by atoms with E-state index in [1.807, 2.05) is 0 Å². The molecule has 9 nitrogen and oxygen atoms in total. The minimum absolute atomic E-state index is 0.00969. The van der Waals surface area contributed by atoms with Gasteiger partial charge in [-0.3, -0.25) is 10.1 Å². The van der Waals surface area contributed by atoms with Gasteiger partial charge in [0, 0.05) is 24.5 Å². The van der Waals surface area contributed by atoms with E-state index in [1.165, 1.54) is 12.1 Å². The van der Waals surface area contributed by atoms with Crippen molar-refractivity contribution in [2.75, 3.05) is 6.54 Å². The van der Waals surface area contributed by atoms with Crippen molar-refractivity contribution < 1.29 is 27.3 Å². The summed E-state index contributed by atoms with van der Waals surface area (Å²) in [5.74, 6) is -1.14. The first-order valence-electron chi connectivity index (χ1n) is 10.2. The average molecular weight is 456 g/mol. The molecule has 33 heavy (non-hydrogen) atoms. The summed E-state index contributed by atoms with van der Waals surface area (Å²) in [6.45, 7) is 0.121. The van der Waals surface area contributed by atoms with Crippen LogP contribution in [0.4, 0.5) is 18.0 Å². The zero-order chi connectivity index (χ0) is 22.9. The number of imidazole rings is 1. The number of carbonyl (C=O) groups is 2. The Morgan fingerprint density at radius 1 is 1.15 bits per heavy atom. The van der Waals surface area contributed by atoms with E-state index in [-0.39, 0.29) is 29.3 Å². The fourth-order valence-electron chi connectivity index (χ4n) is 4.47. The predicted octanol–water partition coefficient (Wildman–Crippen LogP) is 3.08. The van der Waals surface area contributed by atoms with Crippen LogP contribution in [0.2, 0.25) is 0 Å². The lowest BCUT2D eigenvalue weighted by molar-refractivity contribution is -0.141. The highest BCUT2D eigenvalue weighted by Gasteiger charge is 2.43. The maximum Gasteiger partial charge on any atom is 0.437 e. The highest BCUT2D eigenvalue weighted by atomic mass is 19.4. The summed E-state index contributed by atoms with van der Waals surface area (Å²) in [4.78, 5) is 28.1. The standard InChI is InChI=1S/C21H15F3N6O3/c22-21(23,24)17-13-5-9(1-2-16(13)33-29-17)10-6-11(10)12-7-15(28-30-4-3-25-18(12)30)14-8-26-20(32)27-19(14)31/h1-5,7,10-11,14H,6,8H2,(H2,26,27,31,32)/t10-,11+,14?/m1/s1. The normalized spacial score (nSPS) is 23.1. The van der Waals surface area contributed by atoms with Crippen LogP contribution in [0.15, 0.2) is 41.2 Å². The maximum atomic E-state index is 13.3. The van der Waals surface area contributed by atoms with Crippen LogP contribution < -0.4 is 10.6 Å². The summed E-state index contributed by atoms with van der Waals surface area (Å²) >= 11 is 0. The number of nitrogens with one attached hydrogen (secondary N) is 2. The van der Waals surface area contributed by atoms with Crippen molar-refractivity contribution in [1.29, 1.82) is 0 Å². The van der Waals surface area contributed by atoms with Crippen molar-refractivity contribution in [2.45, 2.75) is 30.4 Å². The predicted molar refractivity (Wildman–Crippen MR) is 106 cm³/mol. The highest BCUT2D eigenvalue weighted by molar-refractivity contribution is 6.00. The molecule has 0 bridgehead atoms. The minimum Gasteiger partial charge on any atom is -0.356 e. The zero-order valence-electron chi connectivity index (χ0n) is 16.8. The second-order valence-corrected chi connectivity index (χ2v) is 8.21. The number of hydrogen-bond acceptors (Lipinski definition) is 6. The molecule has 2 N–H and O–H groups in total. The molecule has 1 saturated heterocycles. The van der Waals surface area contributed by atoms with Gasteiger partial charge in [-0.05, 0) is 42.0 Å². The number of urea groups is 1. The van der Waals surface area contributed by atoms with Crippen LogP contribution in [-0.2, 0) is 11.0 Å². The van der Waals surface area contributed by atoms with Crippen LogP contribution in [0.25, 0.3) is 16.6 Å². The van der Waals surface area contributed by atoms with Gasteiger partial charge in [0.2, 0.25) is 5.91 Å². The molecule has 3 amide bonds. The summed E-state index contributed by atoms with van der Waals surface area (Å²) < 4.78 is 46.2. The molecule has 2 aliphatic rings. The second-order valence-electron chi connectivity index (χ2n) is 8.21. The largest absolute Gasteiger partial charge is 0.437 e. The number of imide groups is 1. The van der Waals surface area contributed by atoms with Gasteiger partial charge in [0.25, 0.3) is 0 Å². The van der Waals surface area contributed by atoms with Gasteiger partial charge in [-0.1, -0.05) is 11.2 Å². The van der Waals surface area contributed by atoms with Gasteiger partial charge in [-0.15, -0.1) is 0 Å². The topological polar surface area (TPSA) is 114 Å². The van der Waals surface area contributed by atoms with E-state index >= 15 is 0 Å². The van der Waals surface area contributed by atoms with Crippen LogP contribution >= 0.6 is 0 Å². The van der Waals surface area contributed by atoms with Crippen LogP contribution in [0.3, 0.4) is 0 Å². The SMILES string of the molecule is O=C1NCC(c2cc([C@H]3C[C@@H]3c3ccc4onc(C(F)(F)F)c4c3)c3nccn3n2)C(=O)N1. The third kappa shape index (κ3) is 3.20. The van der Waals surface area contributed by atoms with Gasteiger partial charge >= 0.3 is 12.2 Å². The number of carbonyl (C=O) groups excluding carboxylic acids is 2. The van der Waals surface area contributed by atoms with Crippen LogP contribution in [0.1, 0.15) is 46.7 Å². The van der Waals surface area contributed by atoms with Crippen molar-refractivity contribution in [3.8, 4) is 0 Å². The maximum absolute atomic E-state index is 13.3. The molecule has 4 heterocycles.